The molecule has 2 aromatic heterocycles. The second kappa shape index (κ2) is 6.16. The van der Waals surface area contributed by atoms with Gasteiger partial charge in [-0.15, -0.1) is 0 Å². The Balaban J connectivity index is 1.43. The Morgan fingerprint density at radius 1 is 1.08 bits per heavy atom. The number of aryl methyl sites for hydroxylation is 1. The summed E-state index contributed by atoms with van der Waals surface area (Å²) in [6.45, 7) is 1.99. The number of ether oxygens (including phenoxy) is 2. The maximum atomic E-state index is 12.3. The molecule has 0 spiro atoms. The lowest BCUT2D eigenvalue weighted by Gasteiger charge is -2.07. The first-order valence-corrected chi connectivity index (χ1v) is 7.55. The van der Waals surface area contributed by atoms with E-state index >= 15 is 0 Å². The molecular weight excluding hydrogens is 324 g/mol. The lowest BCUT2D eigenvalue weighted by atomic mass is 10.2. The summed E-state index contributed by atoms with van der Waals surface area (Å²) in [6.07, 6.45) is 1.55. The van der Waals surface area contributed by atoms with E-state index in [1.165, 1.54) is 0 Å². The molecule has 1 aromatic carbocycles. The zero-order chi connectivity index (χ0) is 17.2. The summed E-state index contributed by atoms with van der Waals surface area (Å²) in [5.41, 5.74) is 1.60. The van der Waals surface area contributed by atoms with E-state index in [-0.39, 0.29) is 12.7 Å². The fourth-order valence-electron chi connectivity index (χ4n) is 2.34. The molecular formula is C17H14N4O4. The molecule has 0 radical (unpaired) electrons. The number of aromatic nitrogens is 2. The third kappa shape index (κ3) is 3.23. The minimum Gasteiger partial charge on any atom is -0.454 e. The van der Waals surface area contributed by atoms with Crippen molar-refractivity contribution >= 4 is 23.1 Å². The Hall–Kier alpha value is -3.55. The van der Waals surface area contributed by atoms with Crippen molar-refractivity contribution in [1.29, 1.82) is 0 Å². The van der Waals surface area contributed by atoms with Crippen LogP contribution in [0.4, 0.5) is 17.2 Å². The van der Waals surface area contributed by atoms with Crippen LogP contribution < -0.4 is 20.1 Å². The highest BCUT2D eigenvalue weighted by atomic mass is 16.7. The van der Waals surface area contributed by atoms with Gasteiger partial charge in [-0.1, -0.05) is 5.16 Å². The molecule has 1 aliphatic rings. The van der Waals surface area contributed by atoms with E-state index in [2.05, 4.69) is 20.8 Å². The van der Waals surface area contributed by atoms with Gasteiger partial charge in [0, 0.05) is 17.8 Å². The molecule has 0 fully saturated rings. The number of nitrogens with zero attached hydrogens (tertiary/aromatic N) is 2. The van der Waals surface area contributed by atoms with Gasteiger partial charge in [0.1, 0.15) is 11.5 Å². The zero-order valence-electron chi connectivity index (χ0n) is 13.3. The number of benzene rings is 1. The van der Waals surface area contributed by atoms with Gasteiger partial charge in [0.05, 0.1) is 11.9 Å². The van der Waals surface area contributed by atoms with Crippen LogP contribution >= 0.6 is 0 Å². The number of rotatable bonds is 4. The minimum absolute atomic E-state index is 0.188. The van der Waals surface area contributed by atoms with Crippen LogP contribution in [0.2, 0.25) is 0 Å². The second-order valence-electron chi connectivity index (χ2n) is 5.40. The summed E-state index contributed by atoms with van der Waals surface area (Å²) in [4.78, 5) is 16.5. The van der Waals surface area contributed by atoms with Gasteiger partial charge in [-0.2, -0.15) is 0 Å². The van der Waals surface area contributed by atoms with E-state index < -0.39 is 0 Å². The van der Waals surface area contributed by atoms with Crippen LogP contribution in [0.5, 0.6) is 11.5 Å². The van der Waals surface area contributed by atoms with Crippen molar-refractivity contribution in [2.24, 2.45) is 0 Å². The van der Waals surface area contributed by atoms with Crippen LogP contribution in [-0.2, 0) is 0 Å². The van der Waals surface area contributed by atoms with Gasteiger partial charge in [0.2, 0.25) is 6.79 Å². The molecule has 4 rings (SSSR count). The Kier molecular flexibility index (Phi) is 3.70. The summed E-state index contributed by atoms with van der Waals surface area (Å²) in [6, 6.07) is 10.3. The smallest absolute Gasteiger partial charge is 0.274 e. The van der Waals surface area contributed by atoms with Crippen molar-refractivity contribution < 1.29 is 18.8 Å². The van der Waals surface area contributed by atoms with E-state index in [1.54, 1.807) is 49.5 Å². The average molecular weight is 338 g/mol. The molecule has 8 nitrogen and oxygen atoms in total. The molecule has 0 aliphatic carbocycles. The SMILES string of the molecule is Cc1cc(Nc2ccc(C(=O)Nc3ccc4c(c3)OCO4)nc2)no1. The van der Waals surface area contributed by atoms with Crippen molar-refractivity contribution in [3.05, 3.63) is 54.0 Å². The van der Waals surface area contributed by atoms with Crippen molar-refractivity contribution in [3.63, 3.8) is 0 Å². The summed E-state index contributed by atoms with van der Waals surface area (Å²) in [5, 5.41) is 9.65. The molecule has 1 amide bonds. The third-order valence-electron chi connectivity index (χ3n) is 3.53. The molecule has 0 bridgehead atoms. The molecule has 126 valence electrons. The average Bonchev–Trinajstić information content (AvgIpc) is 3.24. The first-order chi connectivity index (χ1) is 12.2. The molecule has 25 heavy (non-hydrogen) atoms. The Bertz CT molecular complexity index is 921. The Morgan fingerprint density at radius 3 is 2.68 bits per heavy atom. The van der Waals surface area contributed by atoms with Crippen LogP contribution in [-0.4, -0.2) is 22.8 Å². The highest BCUT2D eigenvalue weighted by Gasteiger charge is 2.15. The number of hydrogen-bond acceptors (Lipinski definition) is 7. The van der Waals surface area contributed by atoms with Gasteiger partial charge in [-0.05, 0) is 31.2 Å². The minimum atomic E-state index is -0.317. The van der Waals surface area contributed by atoms with Crippen molar-refractivity contribution in [2.45, 2.75) is 6.92 Å². The highest BCUT2D eigenvalue weighted by molar-refractivity contribution is 6.03. The lowest BCUT2D eigenvalue weighted by Crippen LogP contribution is -2.13. The standard InChI is InChI=1S/C17H14N4O4/c1-10-6-16(21-25-10)19-12-2-4-13(18-8-12)17(22)20-11-3-5-14-15(7-11)24-9-23-14/h2-8H,9H2,1H3,(H,19,21)(H,20,22). The number of carbonyl (C=O) groups is 1. The zero-order valence-corrected chi connectivity index (χ0v) is 13.3. The van der Waals surface area contributed by atoms with Gasteiger partial charge in [-0.3, -0.25) is 4.79 Å². The van der Waals surface area contributed by atoms with Gasteiger partial charge in [0.15, 0.2) is 17.3 Å². The number of pyridine rings is 1. The summed E-state index contributed by atoms with van der Waals surface area (Å²) in [5.74, 6) is 2.23. The molecule has 0 saturated heterocycles. The number of nitrogens with one attached hydrogen (secondary N) is 2. The summed E-state index contributed by atoms with van der Waals surface area (Å²) in [7, 11) is 0. The number of carbonyl (C=O) groups excluding carboxylic acids is 1. The summed E-state index contributed by atoms with van der Waals surface area (Å²) < 4.78 is 15.5. The van der Waals surface area contributed by atoms with Gasteiger partial charge in [0.25, 0.3) is 5.91 Å². The van der Waals surface area contributed by atoms with E-state index in [4.69, 9.17) is 14.0 Å². The number of amides is 1. The van der Waals surface area contributed by atoms with Gasteiger partial charge < -0.3 is 24.6 Å². The van der Waals surface area contributed by atoms with E-state index in [9.17, 15) is 4.79 Å². The number of hydrogen-bond donors (Lipinski definition) is 2. The number of anilines is 3. The van der Waals surface area contributed by atoms with Gasteiger partial charge >= 0.3 is 0 Å². The summed E-state index contributed by atoms with van der Waals surface area (Å²) >= 11 is 0. The molecule has 0 saturated carbocycles. The maximum Gasteiger partial charge on any atom is 0.274 e. The maximum absolute atomic E-state index is 12.3. The predicted octanol–water partition coefficient (Wildman–Crippen LogP) is 3.10. The van der Waals surface area contributed by atoms with Gasteiger partial charge in [-0.25, -0.2) is 4.98 Å². The topological polar surface area (TPSA) is 98.5 Å². The molecule has 0 atom stereocenters. The van der Waals surface area contributed by atoms with Crippen molar-refractivity contribution in [2.75, 3.05) is 17.4 Å². The van der Waals surface area contributed by atoms with Crippen LogP contribution in [0.1, 0.15) is 16.2 Å². The van der Waals surface area contributed by atoms with E-state index in [0.29, 0.717) is 40.1 Å². The quantitative estimate of drug-likeness (QED) is 0.754. The second-order valence-corrected chi connectivity index (χ2v) is 5.40. The highest BCUT2D eigenvalue weighted by Crippen LogP contribution is 2.34. The fraction of sp³-hybridized carbons (Fsp3) is 0.118. The fourth-order valence-corrected chi connectivity index (χ4v) is 2.34. The monoisotopic (exact) mass is 338 g/mol. The van der Waals surface area contributed by atoms with Crippen molar-refractivity contribution in [3.8, 4) is 11.5 Å². The Labute approximate surface area is 142 Å². The molecule has 3 aromatic rings. The molecule has 2 N–H and O–H groups in total. The first-order valence-electron chi connectivity index (χ1n) is 7.55. The predicted molar refractivity (Wildman–Crippen MR) is 89.3 cm³/mol. The largest absolute Gasteiger partial charge is 0.454 e. The Morgan fingerprint density at radius 2 is 1.92 bits per heavy atom. The molecule has 1 aliphatic heterocycles. The molecule has 8 heteroatoms. The van der Waals surface area contributed by atoms with E-state index in [0.717, 1.165) is 0 Å². The third-order valence-corrected chi connectivity index (χ3v) is 3.53. The normalized spacial score (nSPS) is 12.0. The number of fused-ring (bicyclic) bond motifs is 1. The van der Waals surface area contributed by atoms with Crippen LogP contribution in [0.15, 0.2) is 47.1 Å². The van der Waals surface area contributed by atoms with Crippen LogP contribution in [0.3, 0.4) is 0 Å². The van der Waals surface area contributed by atoms with Crippen molar-refractivity contribution in [1.82, 2.24) is 10.1 Å². The molecule has 3 heterocycles. The van der Waals surface area contributed by atoms with Crippen LogP contribution in [0.25, 0.3) is 0 Å². The first kappa shape index (κ1) is 15.0. The lowest BCUT2D eigenvalue weighted by molar-refractivity contribution is 0.102. The van der Waals surface area contributed by atoms with Crippen LogP contribution in [0, 0.1) is 6.92 Å². The van der Waals surface area contributed by atoms with E-state index in [1.807, 2.05) is 0 Å². The molecule has 0 unspecified atom stereocenters.